The first-order valence-corrected chi connectivity index (χ1v) is 13.6. The summed E-state index contributed by atoms with van der Waals surface area (Å²) in [5, 5.41) is 9.67. The van der Waals surface area contributed by atoms with Crippen molar-refractivity contribution >= 4 is 40.7 Å². The smallest absolute Gasteiger partial charge is 0.248 e. The predicted molar refractivity (Wildman–Crippen MR) is 155 cm³/mol. The van der Waals surface area contributed by atoms with Gasteiger partial charge in [-0.2, -0.15) is 0 Å². The molecule has 1 heterocycles. The van der Waals surface area contributed by atoms with Crippen molar-refractivity contribution in [2.24, 2.45) is 11.1 Å². The summed E-state index contributed by atoms with van der Waals surface area (Å²) in [4.78, 5) is 25.4. The maximum Gasteiger partial charge on any atom is 0.248 e. The van der Waals surface area contributed by atoms with Crippen LogP contribution < -0.4 is 21.7 Å². The van der Waals surface area contributed by atoms with Gasteiger partial charge < -0.3 is 21.7 Å². The SMILES string of the molecule is CN[C@]1(c2ccc(Cl)cc2F)[C@H](CC(C)(C)C)N[C@@H](C(=O)Nc2ccc(C(N)=O)cc2)[C@@H]1c1cccc(Cl)c1F. The largest absolute Gasteiger partial charge is 0.366 e. The molecule has 3 aromatic carbocycles. The third-order valence-electron chi connectivity index (χ3n) is 7.40. The summed E-state index contributed by atoms with van der Waals surface area (Å²) in [5.74, 6) is -3.28. The van der Waals surface area contributed by atoms with Gasteiger partial charge in [0.1, 0.15) is 11.6 Å². The number of hydrogen-bond donors (Lipinski definition) is 4. The molecule has 0 bridgehead atoms. The molecule has 0 aliphatic carbocycles. The van der Waals surface area contributed by atoms with Crippen LogP contribution in [0.4, 0.5) is 14.5 Å². The molecule has 1 aliphatic rings. The average Bonchev–Trinajstić information content (AvgIpc) is 3.19. The van der Waals surface area contributed by atoms with E-state index in [4.69, 9.17) is 28.9 Å². The number of nitrogens with one attached hydrogen (secondary N) is 3. The number of carbonyl (C=O) groups excluding carboxylic acids is 2. The molecule has 0 radical (unpaired) electrons. The zero-order valence-electron chi connectivity index (χ0n) is 22.6. The van der Waals surface area contributed by atoms with Crippen LogP contribution in [0.5, 0.6) is 0 Å². The van der Waals surface area contributed by atoms with Crippen molar-refractivity contribution in [3.8, 4) is 0 Å². The number of halogens is 4. The summed E-state index contributed by atoms with van der Waals surface area (Å²) in [6.07, 6.45) is 0.506. The van der Waals surface area contributed by atoms with Gasteiger partial charge in [0, 0.05) is 33.8 Å². The Balaban J connectivity index is 1.91. The molecule has 5 N–H and O–H groups in total. The standard InChI is InChI=1S/C30H32Cl2F2N4O2/c1-29(2,3)15-23-30(36-4,20-13-10-17(31)14-22(20)33)24(19-6-5-7-21(32)25(19)34)26(38-23)28(40)37-18-11-8-16(9-12-18)27(35)39/h5-14,23-24,26,36,38H,15H2,1-4H3,(H2,35,39)(H,37,40)/t23-,24-,26+,30+/m0/s1. The summed E-state index contributed by atoms with van der Waals surface area (Å²) in [6.45, 7) is 6.11. The zero-order chi connectivity index (χ0) is 29.4. The number of primary amides is 1. The van der Waals surface area contributed by atoms with Gasteiger partial charge in [-0.25, -0.2) is 8.78 Å². The predicted octanol–water partition coefficient (Wildman–Crippen LogP) is 5.98. The van der Waals surface area contributed by atoms with E-state index in [1.807, 2.05) is 20.8 Å². The first-order valence-electron chi connectivity index (χ1n) is 12.8. The number of anilines is 1. The molecule has 1 saturated heterocycles. The number of amides is 2. The molecular weight excluding hydrogens is 557 g/mol. The van der Waals surface area contributed by atoms with Gasteiger partial charge in [0.15, 0.2) is 0 Å². The fourth-order valence-corrected chi connectivity index (χ4v) is 6.09. The van der Waals surface area contributed by atoms with Crippen molar-refractivity contribution in [1.82, 2.24) is 10.6 Å². The summed E-state index contributed by atoms with van der Waals surface area (Å²) in [5.41, 5.74) is 4.89. The second kappa shape index (κ2) is 11.4. The highest BCUT2D eigenvalue weighted by Crippen LogP contribution is 2.51. The molecule has 0 aromatic heterocycles. The van der Waals surface area contributed by atoms with E-state index in [2.05, 4.69) is 16.0 Å². The lowest BCUT2D eigenvalue weighted by molar-refractivity contribution is -0.118. The van der Waals surface area contributed by atoms with Crippen LogP contribution in [-0.4, -0.2) is 30.9 Å². The Morgan fingerprint density at radius 1 is 1.05 bits per heavy atom. The molecule has 212 valence electrons. The van der Waals surface area contributed by atoms with E-state index < -0.39 is 47.0 Å². The van der Waals surface area contributed by atoms with Gasteiger partial charge in [0.2, 0.25) is 11.8 Å². The van der Waals surface area contributed by atoms with Gasteiger partial charge in [0.05, 0.1) is 16.6 Å². The van der Waals surface area contributed by atoms with Crippen LogP contribution in [0.3, 0.4) is 0 Å². The fraction of sp³-hybridized carbons (Fsp3) is 0.333. The summed E-state index contributed by atoms with van der Waals surface area (Å²) in [6, 6.07) is 13.5. The molecular formula is C30H32Cl2F2N4O2. The number of hydrogen-bond acceptors (Lipinski definition) is 4. The third kappa shape index (κ3) is 5.72. The Labute approximate surface area is 242 Å². The van der Waals surface area contributed by atoms with E-state index in [0.29, 0.717) is 12.1 Å². The molecule has 40 heavy (non-hydrogen) atoms. The number of carbonyl (C=O) groups is 2. The molecule has 1 aliphatic heterocycles. The quantitative estimate of drug-likeness (QED) is 0.273. The summed E-state index contributed by atoms with van der Waals surface area (Å²) >= 11 is 12.3. The minimum Gasteiger partial charge on any atom is -0.366 e. The molecule has 3 aromatic rings. The summed E-state index contributed by atoms with van der Waals surface area (Å²) < 4.78 is 31.6. The minimum atomic E-state index is -1.29. The lowest BCUT2D eigenvalue weighted by Crippen LogP contribution is -2.54. The molecule has 0 saturated carbocycles. The number of benzene rings is 3. The van der Waals surface area contributed by atoms with Crippen LogP contribution >= 0.6 is 23.2 Å². The highest BCUT2D eigenvalue weighted by atomic mass is 35.5. The maximum atomic E-state index is 15.8. The Bertz CT molecular complexity index is 1430. The van der Waals surface area contributed by atoms with Crippen LogP contribution in [0.1, 0.15) is 54.6 Å². The Morgan fingerprint density at radius 2 is 1.73 bits per heavy atom. The highest BCUT2D eigenvalue weighted by Gasteiger charge is 2.59. The van der Waals surface area contributed by atoms with Gasteiger partial charge in [-0.1, -0.05) is 62.2 Å². The third-order valence-corrected chi connectivity index (χ3v) is 7.92. The highest BCUT2D eigenvalue weighted by molar-refractivity contribution is 6.31. The Hall–Kier alpha value is -3.04. The van der Waals surface area contributed by atoms with Crippen molar-refractivity contribution in [2.75, 3.05) is 12.4 Å². The molecule has 2 amide bonds. The van der Waals surface area contributed by atoms with Crippen molar-refractivity contribution in [2.45, 2.75) is 50.7 Å². The normalized spacial score (nSPS) is 22.8. The second-order valence-electron chi connectivity index (χ2n) is 11.3. The first-order chi connectivity index (χ1) is 18.8. The number of likely N-dealkylation sites (N-methyl/N-ethyl adjacent to an activating group) is 1. The van der Waals surface area contributed by atoms with Crippen LogP contribution in [0.25, 0.3) is 0 Å². The molecule has 0 unspecified atom stereocenters. The van der Waals surface area contributed by atoms with Crippen LogP contribution in [0.15, 0.2) is 60.7 Å². The first kappa shape index (κ1) is 29.9. The Kier molecular flexibility index (Phi) is 8.57. The maximum absolute atomic E-state index is 15.8. The number of nitrogens with two attached hydrogens (primary N) is 1. The van der Waals surface area contributed by atoms with E-state index in [1.54, 1.807) is 43.4 Å². The van der Waals surface area contributed by atoms with Crippen LogP contribution in [0.2, 0.25) is 10.0 Å². The van der Waals surface area contributed by atoms with Gasteiger partial charge in [0.25, 0.3) is 0 Å². The van der Waals surface area contributed by atoms with Crippen molar-refractivity contribution < 1.29 is 18.4 Å². The van der Waals surface area contributed by atoms with Crippen molar-refractivity contribution in [3.05, 3.63) is 99.0 Å². The van der Waals surface area contributed by atoms with Gasteiger partial charge in [-0.3, -0.25) is 9.59 Å². The molecule has 1 fully saturated rings. The van der Waals surface area contributed by atoms with E-state index in [1.165, 1.54) is 24.3 Å². The van der Waals surface area contributed by atoms with Crippen LogP contribution in [-0.2, 0) is 10.3 Å². The molecule has 10 heteroatoms. The topological polar surface area (TPSA) is 96.2 Å². The van der Waals surface area contributed by atoms with Gasteiger partial charge >= 0.3 is 0 Å². The summed E-state index contributed by atoms with van der Waals surface area (Å²) in [7, 11) is 1.67. The average molecular weight is 590 g/mol. The van der Waals surface area contributed by atoms with Crippen LogP contribution in [0, 0.1) is 17.0 Å². The van der Waals surface area contributed by atoms with Crippen molar-refractivity contribution in [1.29, 1.82) is 0 Å². The van der Waals surface area contributed by atoms with E-state index in [0.717, 1.165) is 0 Å². The minimum absolute atomic E-state index is 0.112. The van der Waals surface area contributed by atoms with E-state index in [-0.39, 0.29) is 32.2 Å². The van der Waals surface area contributed by atoms with Crippen molar-refractivity contribution in [3.63, 3.8) is 0 Å². The Morgan fingerprint density at radius 3 is 2.30 bits per heavy atom. The molecule has 6 nitrogen and oxygen atoms in total. The molecule has 0 spiro atoms. The lowest BCUT2D eigenvalue weighted by atomic mass is 9.67. The molecule has 4 rings (SSSR count). The number of rotatable bonds is 7. The van der Waals surface area contributed by atoms with Gasteiger partial charge in [-0.15, -0.1) is 0 Å². The molecule has 4 atom stereocenters. The van der Waals surface area contributed by atoms with E-state index >= 15 is 8.78 Å². The van der Waals surface area contributed by atoms with Gasteiger partial charge in [-0.05, 0) is 66.9 Å². The fourth-order valence-electron chi connectivity index (χ4n) is 5.75. The zero-order valence-corrected chi connectivity index (χ0v) is 24.1. The second-order valence-corrected chi connectivity index (χ2v) is 12.1. The van der Waals surface area contributed by atoms with E-state index in [9.17, 15) is 9.59 Å². The lowest BCUT2D eigenvalue weighted by Gasteiger charge is -2.43. The monoisotopic (exact) mass is 588 g/mol.